The molecule has 0 amide bonds. The average molecular weight is 179 g/mol. The first-order valence-corrected chi connectivity index (χ1v) is 3.97. The van der Waals surface area contributed by atoms with Crippen molar-refractivity contribution in [1.29, 1.82) is 0 Å². The van der Waals surface area contributed by atoms with Gasteiger partial charge in [0.05, 0.1) is 0 Å². The van der Waals surface area contributed by atoms with Crippen molar-refractivity contribution in [3.8, 4) is 0 Å². The van der Waals surface area contributed by atoms with E-state index in [1.165, 1.54) is 11.3 Å². The fraction of sp³-hybridized carbons (Fsp3) is 0.571. The summed E-state index contributed by atoms with van der Waals surface area (Å²) in [4.78, 5) is 4.04. The van der Waals surface area contributed by atoms with E-state index in [1.807, 2.05) is 6.92 Å². The second-order valence-electron chi connectivity index (χ2n) is 2.14. The van der Waals surface area contributed by atoms with Crippen molar-refractivity contribution in [2.75, 3.05) is 14.2 Å². The molecule has 1 aromatic heterocycles. The van der Waals surface area contributed by atoms with Gasteiger partial charge in [-0.25, -0.2) is 0 Å². The summed E-state index contributed by atoms with van der Waals surface area (Å²) in [7, 11) is 3.18. The Morgan fingerprint density at radius 3 is 2.42 bits per heavy atom. The zero-order chi connectivity index (χ0) is 8.32. The van der Waals surface area contributed by atoms with E-state index in [2.05, 4.69) is 10.4 Å². The van der Waals surface area contributed by atoms with Gasteiger partial charge in [0, 0.05) is 14.2 Å². The van der Waals surface area contributed by atoms with Gasteiger partial charge in [-0.3, -0.25) is 0 Å². The molecule has 0 unspecified atom stereocenters. The van der Waals surface area contributed by atoms with Crippen molar-refractivity contribution in [2.24, 2.45) is 0 Å². The minimum absolute atomic E-state index is 0. The first-order chi connectivity index (χ1) is 5.23. The van der Waals surface area contributed by atoms with Gasteiger partial charge in [0.1, 0.15) is 5.79 Å². The van der Waals surface area contributed by atoms with Crippen LogP contribution in [0.1, 0.15) is 11.9 Å². The Morgan fingerprint density at radius 2 is 2.08 bits per heavy atom. The van der Waals surface area contributed by atoms with Gasteiger partial charge in [0.25, 0.3) is 0 Å². The summed E-state index contributed by atoms with van der Waals surface area (Å²) in [6.07, 6.45) is 1.61. The summed E-state index contributed by atoms with van der Waals surface area (Å²) in [5, 5.41) is 3.65. The van der Waals surface area contributed by atoms with E-state index < -0.39 is 5.79 Å². The minimum atomic E-state index is -0.718. The van der Waals surface area contributed by atoms with E-state index in [1.54, 1.807) is 20.4 Å². The number of rotatable bonds is 3. The van der Waals surface area contributed by atoms with Crippen LogP contribution in [0.5, 0.6) is 0 Å². The average Bonchev–Trinajstić information content (AvgIpc) is 2.55. The molecule has 0 saturated carbocycles. The zero-order valence-corrected chi connectivity index (χ0v) is 8.57. The molecule has 0 spiro atoms. The van der Waals surface area contributed by atoms with E-state index in [-0.39, 0.29) is 18.9 Å². The molecule has 0 aliphatic heterocycles. The van der Waals surface area contributed by atoms with Crippen LogP contribution in [-0.4, -0.2) is 19.2 Å². The Bertz CT molecular complexity index is 211. The molecule has 1 heterocycles. The van der Waals surface area contributed by atoms with E-state index in [0.29, 0.717) is 0 Å². The smallest absolute Gasteiger partial charge is 0.363 e. The molecule has 3 nitrogen and oxygen atoms in total. The van der Waals surface area contributed by atoms with E-state index in [4.69, 9.17) is 9.47 Å². The van der Waals surface area contributed by atoms with Gasteiger partial charge in [0.2, 0.25) is 0 Å². The molecule has 5 heteroatoms. The summed E-state index contributed by atoms with van der Waals surface area (Å²) >= 11 is 1.39. The number of thiazole rings is 1. The monoisotopic (exact) mass is 179 g/mol. The molecule has 0 fully saturated rings. The van der Waals surface area contributed by atoms with Crippen molar-refractivity contribution < 1.29 is 28.3 Å². The maximum absolute atomic E-state index is 5.14. The maximum atomic E-state index is 5.14. The molecule has 12 heavy (non-hydrogen) atoms. The Hall–Kier alpha value is 0.147. The molecule has 0 saturated heterocycles. The van der Waals surface area contributed by atoms with Gasteiger partial charge in [-0.05, 0) is 11.9 Å². The molecule has 1 aromatic rings. The molecule has 0 aliphatic carbocycles. The van der Waals surface area contributed by atoms with E-state index in [0.717, 1.165) is 5.01 Å². The minimum Gasteiger partial charge on any atom is -0.363 e. The summed E-state index contributed by atoms with van der Waals surface area (Å²) in [6.45, 7) is 1.82. The second kappa shape index (κ2) is 5.00. The first-order valence-electron chi connectivity index (χ1n) is 3.15. The summed E-state index contributed by atoms with van der Waals surface area (Å²) in [5.74, 6) is -0.718. The quantitative estimate of drug-likeness (QED) is 0.318. The number of nitrogens with zero attached hydrogens (tertiary/aromatic N) is 1. The number of aromatic nitrogens is 1. The van der Waals surface area contributed by atoms with E-state index in [9.17, 15) is 0 Å². The van der Waals surface area contributed by atoms with Crippen LogP contribution in [-0.2, 0) is 15.3 Å². The largest absolute Gasteiger partial charge is 1.00 e. The topological polar surface area (TPSA) is 31.4 Å². The molecule has 0 aromatic carbocycles. The SMILES string of the molecule is COC(C)(OC)c1nc[c-]s1.[Li+]. The van der Waals surface area contributed by atoms with Crippen molar-refractivity contribution in [1.82, 2.24) is 4.98 Å². The number of methoxy groups -OCH3 is 2. The van der Waals surface area contributed by atoms with Crippen LogP contribution in [0.15, 0.2) is 6.20 Å². The normalized spacial score (nSPS) is 10.9. The summed E-state index contributed by atoms with van der Waals surface area (Å²) < 4.78 is 10.3. The van der Waals surface area contributed by atoms with Crippen molar-refractivity contribution in [2.45, 2.75) is 12.7 Å². The van der Waals surface area contributed by atoms with Crippen molar-refractivity contribution in [3.05, 3.63) is 16.6 Å². The van der Waals surface area contributed by atoms with Gasteiger partial charge in [0.15, 0.2) is 0 Å². The molecule has 0 aliphatic rings. The summed E-state index contributed by atoms with van der Waals surface area (Å²) in [6, 6.07) is 0. The van der Waals surface area contributed by atoms with Gasteiger partial charge < -0.3 is 25.8 Å². The molecule has 1 rings (SSSR count). The fourth-order valence-corrected chi connectivity index (χ4v) is 1.34. The molecule has 62 valence electrons. The summed E-state index contributed by atoms with van der Waals surface area (Å²) in [5.41, 5.74) is 0. The van der Waals surface area contributed by atoms with Crippen LogP contribution in [0.4, 0.5) is 0 Å². The van der Waals surface area contributed by atoms with Crippen LogP contribution >= 0.6 is 11.3 Å². The number of hydrogen-bond donors (Lipinski definition) is 0. The Kier molecular flexibility index (Phi) is 5.06. The Balaban J connectivity index is 0.00000121. The van der Waals surface area contributed by atoms with Crippen molar-refractivity contribution in [3.63, 3.8) is 0 Å². The fourth-order valence-electron chi connectivity index (χ4n) is 0.661. The molecule has 0 N–H and O–H groups in total. The van der Waals surface area contributed by atoms with Crippen LogP contribution in [0.2, 0.25) is 0 Å². The molecule has 0 bridgehead atoms. The maximum Gasteiger partial charge on any atom is 1.00 e. The third kappa shape index (κ3) is 2.32. The van der Waals surface area contributed by atoms with E-state index >= 15 is 0 Å². The van der Waals surface area contributed by atoms with Crippen LogP contribution < -0.4 is 18.9 Å². The van der Waals surface area contributed by atoms with Crippen molar-refractivity contribution >= 4 is 11.3 Å². The Morgan fingerprint density at radius 1 is 1.50 bits per heavy atom. The second-order valence-corrected chi connectivity index (χ2v) is 2.96. The zero-order valence-electron chi connectivity index (χ0n) is 7.75. The standard InChI is InChI=1S/C7H10NO2S.Li/c1-7(9-2,10-3)6-8-4-5-11-6;/h4H,1-3H3;/q-1;+1. The van der Waals surface area contributed by atoms with Crippen LogP contribution in [0, 0.1) is 5.38 Å². The number of ether oxygens (including phenoxy) is 2. The molecular formula is C7H10LiNO2S. The van der Waals surface area contributed by atoms with Crippen LogP contribution in [0.3, 0.4) is 0 Å². The molecular weight excluding hydrogens is 169 g/mol. The van der Waals surface area contributed by atoms with Gasteiger partial charge in [-0.2, -0.15) is 5.38 Å². The van der Waals surface area contributed by atoms with Gasteiger partial charge >= 0.3 is 18.9 Å². The van der Waals surface area contributed by atoms with Gasteiger partial charge in [-0.1, -0.05) is 6.20 Å². The molecule has 0 radical (unpaired) electrons. The predicted octanol–water partition coefficient (Wildman–Crippen LogP) is -1.59. The third-order valence-corrected chi connectivity index (χ3v) is 2.45. The third-order valence-electron chi connectivity index (χ3n) is 1.56. The number of hydrogen-bond acceptors (Lipinski definition) is 4. The Labute approximate surface area is 88.3 Å². The van der Waals surface area contributed by atoms with Crippen LogP contribution in [0.25, 0.3) is 0 Å². The predicted molar refractivity (Wildman–Crippen MR) is 42.3 cm³/mol. The molecule has 0 atom stereocenters. The first kappa shape index (κ1) is 12.1. The van der Waals surface area contributed by atoms with Gasteiger partial charge in [-0.15, -0.1) is 0 Å².